The summed E-state index contributed by atoms with van der Waals surface area (Å²) in [4.78, 5) is 1.39. The van der Waals surface area contributed by atoms with Gasteiger partial charge in [-0.05, 0) is 49.3 Å². The largest absolute Gasteiger partial charge is 0.310 e. The topological polar surface area (TPSA) is 12.0 Å². The minimum absolute atomic E-state index is 0.454. The molecule has 2 heteroatoms. The molecule has 0 saturated carbocycles. The first kappa shape index (κ1) is 15.6. The third-order valence-electron chi connectivity index (χ3n) is 3.08. The van der Waals surface area contributed by atoms with Crippen molar-refractivity contribution in [2.75, 3.05) is 12.3 Å². The second-order valence-corrected chi connectivity index (χ2v) is 6.40. The first-order valence-corrected chi connectivity index (χ1v) is 8.08. The zero-order valence-electron chi connectivity index (χ0n) is 12.2. The van der Waals surface area contributed by atoms with Crippen LogP contribution in [-0.4, -0.2) is 12.3 Å². The molecule has 1 rings (SSSR count). The molecule has 0 aliphatic rings. The van der Waals surface area contributed by atoms with Gasteiger partial charge in [0.25, 0.3) is 0 Å². The summed E-state index contributed by atoms with van der Waals surface area (Å²) in [6, 6.07) is 9.46. The summed E-state index contributed by atoms with van der Waals surface area (Å²) in [7, 11) is 0. The monoisotopic (exact) mass is 265 g/mol. The SMILES string of the molecule is CCNC(C)c1ccc(SCCCC(C)C)cc1. The Labute approximate surface area is 117 Å². The summed E-state index contributed by atoms with van der Waals surface area (Å²) < 4.78 is 0. The number of thioether (sulfide) groups is 1. The van der Waals surface area contributed by atoms with Crippen molar-refractivity contribution in [2.45, 2.75) is 51.5 Å². The number of benzene rings is 1. The Morgan fingerprint density at radius 2 is 1.78 bits per heavy atom. The lowest BCUT2D eigenvalue weighted by Gasteiger charge is -2.13. The molecule has 1 nitrogen and oxygen atoms in total. The van der Waals surface area contributed by atoms with Crippen LogP contribution < -0.4 is 5.32 Å². The van der Waals surface area contributed by atoms with Crippen LogP contribution in [0.1, 0.15) is 52.1 Å². The van der Waals surface area contributed by atoms with Crippen molar-refractivity contribution in [1.82, 2.24) is 5.32 Å². The highest BCUT2D eigenvalue weighted by atomic mass is 32.2. The van der Waals surface area contributed by atoms with Crippen LogP contribution in [0.4, 0.5) is 0 Å². The maximum Gasteiger partial charge on any atom is 0.0291 e. The number of rotatable bonds is 8. The third-order valence-corrected chi connectivity index (χ3v) is 4.18. The quantitative estimate of drug-likeness (QED) is 0.531. The summed E-state index contributed by atoms with van der Waals surface area (Å²) in [5.41, 5.74) is 1.38. The minimum Gasteiger partial charge on any atom is -0.310 e. The number of hydrogen-bond acceptors (Lipinski definition) is 2. The fourth-order valence-electron chi connectivity index (χ4n) is 1.96. The summed E-state index contributed by atoms with van der Waals surface area (Å²) in [6.07, 6.45) is 2.65. The van der Waals surface area contributed by atoms with E-state index in [0.29, 0.717) is 6.04 Å². The molecule has 0 bridgehead atoms. The molecule has 0 aliphatic carbocycles. The van der Waals surface area contributed by atoms with Crippen molar-refractivity contribution in [3.05, 3.63) is 29.8 Å². The van der Waals surface area contributed by atoms with E-state index in [9.17, 15) is 0 Å². The van der Waals surface area contributed by atoms with Crippen molar-refractivity contribution >= 4 is 11.8 Å². The molecule has 0 aromatic heterocycles. The van der Waals surface area contributed by atoms with Crippen LogP contribution >= 0.6 is 11.8 Å². The molecule has 0 aliphatic heterocycles. The molecule has 0 radical (unpaired) electrons. The van der Waals surface area contributed by atoms with Crippen molar-refractivity contribution in [3.8, 4) is 0 Å². The fraction of sp³-hybridized carbons (Fsp3) is 0.625. The molecule has 102 valence electrons. The second-order valence-electron chi connectivity index (χ2n) is 5.23. The molecule has 0 spiro atoms. The zero-order valence-corrected chi connectivity index (χ0v) is 13.0. The molecule has 0 heterocycles. The van der Waals surface area contributed by atoms with Crippen molar-refractivity contribution in [3.63, 3.8) is 0 Å². The summed E-state index contributed by atoms with van der Waals surface area (Å²) in [5.74, 6) is 2.06. The van der Waals surface area contributed by atoms with E-state index < -0.39 is 0 Å². The molecule has 0 amide bonds. The first-order chi connectivity index (χ1) is 8.63. The molecular formula is C16H27NS. The standard InChI is InChI=1S/C16H27NS/c1-5-17-14(4)15-8-10-16(11-9-15)18-12-6-7-13(2)3/h8-11,13-14,17H,5-7,12H2,1-4H3. The van der Waals surface area contributed by atoms with Gasteiger partial charge in [0.05, 0.1) is 0 Å². The van der Waals surface area contributed by atoms with Crippen LogP contribution in [0.2, 0.25) is 0 Å². The van der Waals surface area contributed by atoms with E-state index in [1.54, 1.807) is 0 Å². The maximum absolute atomic E-state index is 3.44. The average Bonchev–Trinajstić information content (AvgIpc) is 2.35. The molecule has 1 atom stereocenters. The lowest BCUT2D eigenvalue weighted by molar-refractivity contribution is 0.579. The van der Waals surface area contributed by atoms with E-state index in [1.807, 2.05) is 11.8 Å². The van der Waals surface area contributed by atoms with Gasteiger partial charge >= 0.3 is 0 Å². The van der Waals surface area contributed by atoms with Gasteiger partial charge in [0, 0.05) is 10.9 Å². The molecule has 1 N–H and O–H groups in total. The first-order valence-electron chi connectivity index (χ1n) is 7.09. The van der Waals surface area contributed by atoms with Crippen molar-refractivity contribution < 1.29 is 0 Å². The Kier molecular flexibility index (Phi) is 7.45. The predicted octanol–water partition coefficient (Wildman–Crippen LogP) is 4.89. The highest BCUT2D eigenvalue weighted by Gasteiger charge is 2.03. The van der Waals surface area contributed by atoms with Crippen molar-refractivity contribution in [1.29, 1.82) is 0 Å². The normalized spacial score (nSPS) is 12.9. The van der Waals surface area contributed by atoms with Gasteiger partial charge < -0.3 is 5.32 Å². The van der Waals surface area contributed by atoms with Gasteiger partial charge in [0.15, 0.2) is 0 Å². The lowest BCUT2D eigenvalue weighted by atomic mass is 10.1. The van der Waals surface area contributed by atoms with Gasteiger partial charge in [-0.25, -0.2) is 0 Å². The lowest BCUT2D eigenvalue weighted by Crippen LogP contribution is -2.17. The highest BCUT2D eigenvalue weighted by molar-refractivity contribution is 7.99. The molecule has 1 aromatic rings. The summed E-state index contributed by atoms with van der Waals surface area (Å²) >= 11 is 1.98. The van der Waals surface area contributed by atoms with Crippen LogP contribution in [0, 0.1) is 5.92 Å². The molecule has 1 unspecified atom stereocenters. The Hall–Kier alpha value is -0.470. The van der Waals surface area contributed by atoms with Gasteiger partial charge in [-0.1, -0.05) is 39.3 Å². The van der Waals surface area contributed by atoms with Crippen LogP contribution in [0.3, 0.4) is 0 Å². The Bertz CT molecular complexity index is 318. The van der Waals surface area contributed by atoms with E-state index in [-0.39, 0.29) is 0 Å². The summed E-state index contributed by atoms with van der Waals surface area (Å²) in [5, 5.41) is 3.44. The van der Waals surface area contributed by atoms with E-state index >= 15 is 0 Å². The zero-order chi connectivity index (χ0) is 13.4. The molecule has 0 fully saturated rings. The third kappa shape index (κ3) is 5.92. The van der Waals surface area contributed by atoms with Crippen molar-refractivity contribution in [2.24, 2.45) is 5.92 Å². The Morgan fingerprint density at radius 3 is 2.33 bits per heavy atom. The molecule has 18 heavy (non-hydrogen) atoms. The van der Waals surface area contributed by atoms with Crippen LogP contribution in [0.15, 0.2) is 29.2 Å². The summed E-state index contributed by atoms with van der Waals surface area (Å²) in [6.45, 7) is 9.97. The van der Waals surface area contributed by atoms with E-state index in [2.05, 4.69) is 57.3 Å². The van der Waals surface area contributed by atoms with Gasteiger partial charge in [-0.15, -0.1) is 11.8 Å². The number of nitrogens with one attached hydrogen (secondary N) is 1. The van der Waals surface area contributed by atoms with Crippen LogP contribution in [0.25, 0.3) is 0 Å². The molecule has 1 aromatic carbocycles. The van der Waals surface area contributed by atoms with E-state index in [4.69, 9.17) is 0 Å². The predicted molar refractivity (Wildman–Crippen MR) is 83.3 cm³/mol. The molecule has 0 saturated heterocycles. The maximum atomic E-state index is 3.44. The number of hydrogen-bond donors (Lipinski definition) is 1. The van der Waals surface area contributed by atoms with Gasteiger partial charge in [-0.3, -0.25) is 0 Å². The Balaban J connectivity index is 2.36. The van der Waals surface area contributed by atoms with E-state index in [0.717, 1.165) is 12.5 Å². The van der Waals surface area contributed by atoms with Crippen LogP contribution in [0.5, 0.6) is 0 Å². The molecular weight excluding hydrogens is 238 g/mol. The van der Waals surface area contributed by atoms with E-state index in [1.165, 1.54) is 29.1 Å². The highest BCUT2D eigenvalue weighted by Crippen LogP contribution is 2.22. The second kappa shape index (κ2) is 8.60. The smallest absolute Gasteiger partial charge is 0.0291 e. The fourth-order valence-corrected chi connectivity index (χ4v) is 2.83. The van der Waals surface area contributed by atoms with Gasteiger partial charge in [0.1, 0.15) is 0 Å². The van der Waals surface area contributed by atoms with Gasteiger partial charge in [-0.2, -0.15) is 0 Å². The minimum atomic E-state index is 0.454. The Morgan fingerprint density at radius 1 is 1.11 bits per heavy atom. The van der Waals surface area contributed by atoms with Crippen LogP contribution in [-0.2, 0) is 0 Å². The van der Waals surface area contributed by atoms with Gasteiger partial charge in [0.2, 0.25) is 0 Å². The average molecular weight is 265 g/mol.